The van der Waals surface area contributed by atoms with Gasteiger partial charge in [-0.15, -0.1) is 0 Å². The second-order valence-corrected chi connectivity index (χ2v) is 4.42. The Morgan fingerprint density at radius 3 is 2.53 bits per heavy atom. The summed E-state index contributed by atoms with van der Waals surface area (Å²) < 4.78 is 0. The number of hydrogen-bond donors (Lipinski definition) is 2. The molecule has 0 aromatic heterocycles. The summed E-state index contributed by atoms with van der Waals surface area (Å²) in [5.74, 6) is -0.716. The van der Waals surface area contributed by atoms with E-state index in [0.29, 0.717) is 6.29 Å². The van der Waals surface area contributed by atoms with Crippen molar-refractivity contribution in [2.45, 2.75) is 19.9 Å². The maximum atomic E-state index is 11.3. The fourth-order valence-electron chi connectivity index (χ4n) is 1.63. The zero-order chi connectivity index (χ0) is 14.6. The summed E-state index contributed by atoms with van der Waals surface area (Å²) in [5.41, 5.74) is 5.33. The lowest BCUT2D eigenvalue weighted by molar-refractivity contribution is -0.384. The third kappa shape index (κ3) is 3.51. The minimum atomic E-state index is -0.721. The second-order valence-electron chi connectivity index (χ2n) is 4.42. The van der Waals surface area contributed by atoms with E-state index in [2.05, 4.69) is 5.32 Å². The molecule has 1 unspecified atom stereocenters. The predicted octanol–water partition coefficient (Wildman–Crippen LogP) is 1.33. The highest BCUT2D eigenvalue weighted by atomic mass is 16.6. The van der Waals surface area contributed by atoms with Gasteiger partial charge in [0.1, 0.15) is 18.0 Å². The Bertz CT molecular complexity index is 514. The van der Waals surface area contributed by atoms with Crippen LogP contribution in [0.25, 0.3) is 0 Å². The van der Waals surface area contributed by atoms with Gasteiger partial charge in [0.05, 0.1) is 4.92 Å². The highest BCUT2D eigenvalue weighted by Crippen LogP contribution is 2.26. The molecule has 0 bridgehead atoms. The number of primary amides is 1. The van der Waals surface area contributed by atoms with Crippen LogP contribution in [0.3, 0.4) is 0 Å². The van der Waals surface area contributed by atoms with Gasteiger partial charge in [0.15, 0.2) is 0 Å². The van der Waals surface area contributed by atoms with Crippen LogP contribution < -0.4 is 11.1 Å². The zero-order valence-electron chi connectivity index (χ0n) is 10.6. The quantitative estimate of drug-likeness (QED) is 0.457. The minimum absolute atomic E-state index is 0.122. The molecule has 0 radical (unpaired) electrons. The number of nitro groups is 1. The molecule has 1 aromatic rings. The standard InChI is InChI=1S/C12H15N3O4/c1-7(2)11(12(13)17)14-9-4-3-8(6-16)5-10(9)15(18)19/h3-7,11,14H,1-2H3,(H2,13,17). The Balaban J connectivity index is 3.15. The number of nitrogens with two attached hydrogens (primary N) is 1. The molecule has 0 aliphatic carbocycles. The molecule has 1 amide bonds. The number of benzene rings is 1. The lowest BCUT2D eigenvalue weighted by Gasteiger charge is -2.20. The zero-order valence-corrected chi connectivity index (χ0v) is 10.6. The number of amides is 1. The van der Waals surface area contributed by atoms with Gasteiger partial charge in [-0.2, -0.15) is 0 Å². The van der Waals surface area contributed by atoms with Gasteiger partial charge in [-0.25, -0.2) is 0 Å². The van der Waals surface area contributed by atoms with Crippen LogP contribution in [0.2, 0.25) is 0 Å². The summed E-state index contributed by atoms with van der Waals surface area (Å²) in [7, 11) is 0. The summed E-state index contributed by atoms with van der Waals surface area (Å²) in [6.07, 6.45) is 0.519. The summed E-state index contributed by atoms with van der Waals surface area (Å²) in [6.45, 7) is 3.54. The van der Waals surface area contributed by atoms with Crippen molar-refractivity contribution in [1.82, 2.24) is 0 Å². The molecule has 0 spiro atoms. The van der Waals surface area contributed by atoms with Gasteiger partial charge in [0.2, 0.25) is 5.91 Å². The third-order valence-electron chi connectivity index (χ3n) is 2.64. The van der Waals surface area contributed by atoms with Crippen LogP contribution in [-0.4, -0.2) is 23.2 Å². The van der Waals surface area contributed by atoms with Gasteiger partial charge < -0.3 is 11.1 Å². The number of carbonyl (C=O) groups is 2. The molecule has 7 heteroatoms. The molecule has 1 rings (SSSR count). The molecule has 1 atom stereocenters. The van der Waals surface area contributed by atoms with Crippen molar-refractivity contribution in [2.75, 3.05) is 5.32 Å². The van der Waals surface area contributed by atoms with Gasteiger partial charge in [0.25, 0.3) is 5.69 Å². The van der Waals surface area contributed by atoms with Crippen molar-refractivity contribution in [3.8, 4) is 0 Å². The van der Waals surface area contributed by atoms with E-state index in [1.54, 1.807) is 13.8 Å². The van der Waals surface area contributed by atoms with Gasteiger partial charge in [-0.1, -0.05) is 13.8 Å². The monoisotopic (exact) mass is 265 g/mol. The van der Waals surface area contributed by atoms with E-state index in [1.165, 1.54) is 12.1 Å². The lowest BCUT2D eigenvalue weighted by atomic mass is 10.0. The topological polar surface area (TPSA) is 115 Å². The van der Waals surface area contributed by atoms with Crippen LogP contribution in [0.1, 0.15) is 24.2 Å². The van der Waals surface area contributed by atoms with E-state index in [1.807, 2.05) is 0 Å². The van der Waals surface area contributed by atoms with Crippen LogP contribution in [0.4, 0.5) is 11.4 Å². The van der Waals surface area contributed by atoms with E-state index in [0.717, 1.165) is 6.07 Å². The van der Waals surface area contributed by atoms with Crippen molar-refractivity contribution in [3.05, 3.63) is 33.9 Å². The van der Waals surface area contributed by atoms with E-state index in [-0.39, 0.29) is 22.9 Å². The van der Waals surface area contributed by atoms with E-state index in [9.17, 15) is 19.7 Å². The van der Waals surface area contributed by atoms with Crippen LogP contribution in [0.15, 0.2) is 18.2 Å². The fraction of sp³-hybridized carbons (Fsp3) is 0.333. The molecule has 102 valence electrons. The van der Waals surface area contributed by atoms with E-state index >= 15 is 0 Å². The van der Waals surface area contributed by atoms with Crippen molar-refractivity contribution in [1.29, 1.82) is 0 Å². The number of rotatable bonds is 6. The van der Waals surface area contributed by atoms with Crippen LogP contribution in [0.5, 0.6) is 0 Å². The molecule has 7 nitrogen and oxygen atoms in total. The fourth-order valence-corrected chi connectivity index (χ4v) is 1.63. The highest BCUT2D eigenvalue weighted by molar-refractivity contribution is 5.85. The highest BCUT2D eigenvalue weighted by Gasteiger charge is 2.23. The molecular formula is C12H15N3O4. The SMILES string of the molecule is CC(C)C(Nc1ccc(C=O)cc1[N+](=O)[O-])C(N)=O. The lowest BCUT2D eigenvalue weighted by Crippen LogP contribution is -2.39. The van der Waals surface area contributed by atoms with Gasteiger partial charge in [-0.3, -0.25) is 19.7 Å². The molecule has 0 saturated heterocycles. The number of hydrogen-bond acceptors (Lipinski definition) is 5. The van der Waals surface area contributed by atoms with Gasteiger partial charge in [-0.05, 0) is 18.1 Å². The summed E-state index contributed by atoms with van der Waals surface area (Å²) in [4.78, 5) is 32.2. The first-order valence-electron chi connectivity index (χ1n) is 5.66. The van der Waals surface area contributed by atoms with E-state index < -0.39 is 16.9 Å². The normalized spacial score (nSPS) is 11.9. The molecule has 19 heavy (non-hydrogen) atoms. The first-order valence-corrected chi connectivity index (χ1v) is 5.66. The van der Waals surface area contributed by atoms with Crippen LogP contribution in [-0.2, 0) is 4.79 Å². The number of aldehydes is 1. The number of nitro benzene ring substituents is 1. The molecule has 0 fully saturated rings. The molecule has 0 saturated carbocycles. The molecule has 3 N–H and O–H groups in total. The number of anilines is 1. The number of nitrogens with one attached hydrogen (secondary N) is 1. The van der Waals surface area contributed by atoms with Crippen molar-refractivity contribution in [3.63, 3.8) is 0 Å². The molecule has 0 heterocycles. The number of carbonyl (C=O) groups excluding carboxylic acids is 2. The van der Waals surface area contributed by atoms with Gasteiger partial charge in [0, 0.05) is 11.6 Å². The van der Waals surface area contributed by atoms with E-state index in [4.69, 9.17) is 5.73 Å². The number of nitrogens with zero attached hydrogens (tertiary/aromatic N) is 1. The largest absolute Gasteiger partial charge is 0.368 e. The third-order valence-corrected chi connectivity index (χ3v) is 2.64. The Kier molecular flexibility index (Phi) is 4.57. The average molecular weight is 265 g/mol. The maximum Gasteiger partial charge on any atom is 0.293 e. The summed E-state index contributed by atoms with van der Waals surface area (Å²) in [5, 5.41) is 13.7. The molecular weight excluding hydrogens is 250 g/mol. The predicted molar refractivity (Wildman–Crippen MR) is 69.9 cm³/mol. The van der Waals surface area contributed by atoms with Crippen LogP contribution >= 0.6 is 0 Å². The van der Waals surface area contributed by atoms with Crippen molar-refractivity contribution >= 4 is 23.6 Å². The Labute approximate surface area is 109 Å². The Morgan fingerprint density at radius 2 is 2.11 bits per heavy atom. The van der Waals surface area contributed by atoms with Crippen LogP contribution in [0, 0.1) is 16.0 Å². The smallest absolute Gasteiger partial charge is 0.293 e. The summed E-state index contributed by atoms with van der Waals surface area (Å²) >= 11 is 0. The molecule has 1 aromatic carbocycles. The Morgan fingerprint density at radius 1 is 1.47 bits per heavy atom. The van der Waals surface area contributed by atoms with Gasteiger partial charge >= 0.3 is 0 Å². The second kappa shape index (κ2) is 5.94. The molecule has 0 aliphatic heterocycles. The van der Waals surface area contributed by atoms with Crippen molar-refractivity contribution in [2.24, 2.45) is 11.7 Å². The first kappa shape index (κ1) is 14.6. The Hall–Kier alpha value is -2.44. The first-order chi connectivity index (χ1) is 8.86. The average Bonchev–Trinajstić information content (AvgIpc) is 2.34. The maximum absolute atomic E-state index is 11.3. The minimum Gasteiger partial charge on any atom is -0.368 e. The summed E-state index contributed by atoms with van der Waals surface area (Å²) in [6, 6.07) is 3.25. The molecule has 0 aliphatic rings. The van der Waals surface area contributed by atoms with Crippen molar-refractivity contribution < 1.29 is 14.5 Å².